The van der Waals surface area contributed by atoms with E-state index in [1.165, 1.54) is 0 Å². The molecule has 0 amide bonds. The first-order valence-electron chi connectivity index (χ1n) is 4.45. The minimum absolute atomic E-state index is 0. The fraction of sp³-hybridized carbons (Fsp3) is 0.800. The molecule has 0 aliphatic heterocycles. The van der Waals surface area contributed by atoms with E-state index in [-0.39, 0.29) is 18.6 Å². The molecule has 80 valence electrons. The maximum absolute atomic E-state index is 5.69. The summed E-state index contributed by atoms with van der Waals surface area (Å²) in [5.41, 5.74) is 1.09. The minimum Gasteiger partial charge on any atom is -1.00 e. The Bertz CT molecular complexity index is 151. The average molecular weight is 208 g/mol. The van der Waals surface area contributed by atoms with Crippen molar-refractivity contribution in [3.63, 3.8) is 0 Å². The summed E-state index contributed by atoms with van der Waals surface area (Å²) < 4.78 is 6.54. The molecule has 3 heteroatoms. The molecule has 0 heterocycles. The Kier molecular flexibility index (Phi) is 7.61. The Labute approximate surface area is 88.6 Å². The third-order valence-electron chi connectivity index (χ3n) is 1.74. The second kappa shape index (κ2) is 6.41. The van der Waals surface area contributed by atoms with E-state index in [0.717, 1.165) is 16.5 Å². The molecule has 0 radical (unpaired) electrons. The van der Waals surface area contributed by atoms with Crippen molar-refractivity contribution in [2.75, 3.05) is 27.7 Å². The predicted octanol–water partition coefficient (Wildman–Crippen LogP) is -0.975. The lowest BCUT2D eigenvalue weighted by Gasteiger charge is -2.33. The van der Waals surface area contributed by atoms with Crippen LogP contribution in [0.15, 0.2) is 12.2 Å². The van der Waals surface area contributed by atoms with E-state index in [9.17, 15) is 0 Å². The van der Waals surface area contributed by atoms with Gasteiger partial charge in [-0.25, -0.2) is 0 Å². The first-order valence-corrected chi connectivity index (χ1v) is 4.45. The molecule has 0 rings (SSSR count). The number of nitrogens with zero attached hydrogens (tertiary/aromatic N) is 1. The van der Waals surface area contributed by atoms with Crippen molar-refractivity contribution in [1.29, 1.82) is 0 Å². The Hall–Kier alpha value is -0.0500. The number of ether oxygens (including phenoxy) is 1. The summed E-state index contributed by atoms with van der Waals surface area (Å²) in [5, 5.41) is 0. The lowest BCUT2D eigenvalue weighted by Crippen LogP contribution is -3.00. The predicted molar refractivity (Wildman–Crippen MR) is 52.9 cm³/mol. The highest BCUT2D eigenvalue weighted by Gasteiger charge is 2.21. The molecule has 2 nitrogen and oxygen atoms in total. The van der Waals surface area contributed by atoms with Crippen LogP contribution in [-0.2, 0) is 4.74 Å². The van der Waals surface area contributed by atoms with Gasteiger partial charge in [0.1, 0.15) is 0 Å². The summed E-state index contributed by atoms with van der Waals surface area (Å²) in [6.07, 6.45) is 1.32. The van der Waals surface area contributed by atoms with Crippen LogP contribution >= 0.6 is 0 Å². The van der Waals surface area contributed by atoms with Crippen LogP contribution in [0.25, 0.3) is 0 Å². The van der Waals surface area contributed by atoms with Gasteiger partial charge in [0.2, 0.25) is 0 Å². The van der Waals surface area contributed by atoms with Crippen LogP contribution in [0.5, 0.6) is 0 Å². The third kappa shape index (κ3) is 7.05. The van der Waals surface area contributed by atoms with Gasteiger partial charge in [-0.1, -0.05) is 19.1 Å². The molecule has 0 N–H and O–H groups in total. The molecule has 0 aliphatic rings. The molecule has 0 saturated heterocycles. The zero-order valence-electron chi connectivity index (χ0n) is 9.43. The zero-order chi connectivity index (χ0) is 9.78. The van der Waals surface area contributed by atoms with Gasteiger partial charge in [-0.2, -0.15) is 0 Å². The fourth-order valence-corrected chi connectivity index (χ4v) is 1.13. The van der Waals surface area contributed by atoms with Gasteiger partial charge in [0.15, 0.2) is 6.23 Å². The van der Waals surface area contributed by atoms with Gasteiger partial charge in [-0.05, 0) is 6.92 Å². The molecule has 0 spiro atoms. The molecule has 0 aliphatic carbocycles. The topological polar surface area (TPSA) is 9.23 Å². The normalized spacial score (nSPS) is 13.3. The molecule has 13 heavy (non-hydrogen) atoms. The van der Waals surface area contributed by atoms with Crippen molar-refractivity contribution in [2.45, 2.75) is 26.5 Å². The molecule has 0 aromatic heterocycles. The first-order chi connectivity index (χ1) is 5.38. The molecular weight excluding hydrogens is 186 g/mol. The summed E-state index contributed by atoms with van der Waals surface area (Å²) in [6, 6.07) is 0. The van der Waals surface area contributed by atoms with Crippen LogP contribution in [0.1, 0.15) is 20.3 Å². The maximum atomic E-state index is 5.69. The van der Waals surface area contributed by atoms with E-state index in [0.29, 0.717) is 6.61 Å². The van der Waals surface area contributed by atoms with Crippen molar-refractivity contribution in [2.24, 2.45) is 0 Å². The summed E-state index contributed by atoms with van der Waals surface area (Å²) >= 11 is 0. The van der Waals surface area contributed by atoms with Gasteiger partial charge in [0.25, 0.3) is 0 Å². The average Bonchev–Trinajstić information content (AvgIpc) is 1.85. The van der Waals surface area contributed by atoms with Crippen LogP contribution in [0.2, 0.25) is 0 Å². The van der Waals surface area contributed by atoms with Gasteiger partial charge in [0.05, 0.1) is 27.7 Å². The van der Waals surface area contributed by atoms with E-state index in [1.807, 2.05) is 6.92 Å². The number of hydrogen-bond donors (Lipinski definition) is 0. The Morgan fingerprint density at radius 3 is 2.08 bits per heavy atom. The molecule has 0 saturated carbocycles. The number of halogens is 1. The van der Waals surface area contributed by atoms with Gasteiger partial charge in [-0.3, -0.25) is 0 Å². The Morgan fingerprint density at radius 2 is 1.85 bits per heavy atom. The monoisotopic (exact) mass is 207 g/mol. The highest BCUT2D eigenvalue weighted by atomic mass is 35.5. The van der Waals surface area contributed by atoms with Crippen LogP contribution in [0.3, 0.4) is 0 Å². The van der Waals surface area contributed by atoms with E-state index in [2.05, 4.69) is 34.6 Å². The summed E-state index contributed by atoms with van der Waals surface area (Å²) in [5.74, 6) is 0. The van der Waals surface area contributed by atoms with E-state index in [1.54, 1.807) is 0 Å². The second-order valence-corrected chi connectivity index (χ2v) is 4.25. The summed E-state index contributed by atoms with van der Waals surface area (Å²) in [6.45, 7) is 8.62. The van der Waals surface area contributed by atoms with Crippen molar-refractivity contribution in [3.05, 3.63) is 12.2 Å². The standard InChI is InChI=1S/C10H22NO.ClH/c1-7-10(11(4,5)6)12-8-9(2)3;/h10H,2,7-8H2,1,3-6H3;1H/q+1;/p-1. The zero-order valence-corrected chi connectivity index (χ0v) is 10.2. The van der Waals surface area contributed by atoms with Gasteiger partial charge >= 0.3 is 0 Å². The van der Waals surface area contributed by atoms with E-state index in [4.69, 9.17) is 4.74 Å². The van der Waals surface area contributed by atoms with E-state index >= 15 is 0 Å². The Balaban J connectivity index is 0. The molecular formula is C10H22ClNO. The van der Waals surface area contributed by atoms with Gasteiger partial charge in [-0.15, -0.1) is 0 Å². The quantitative estimate of drug-likeness (QED) is 0.320. The van der Waals surface area contributed by atoms with Crippen molar-refractivity contribution < 1.29 is 21.6 Å². The lowest BCUT2D eigenvalue weighted by atomic mass is 10.3. The summed E-state index contributed by atoms with van der Waals surface area (Å²) in [4.78, 5) is 0. The SMILES string of the molecule is C=C(C)COC(CC)[N+](C)(C)C.[Cl-]. The van der Waals surface area contributed by atoms with Gasteiger partial charge < -0.3 is 21.6 Å². The highest BCUT2D eigenvalue weighted by Crippen LogP contribution is 2.09. The van der Waals surface area contributed by atoms with Crippen LogP contribution in [0.4, 0.5) is 0 Å². The third-order valence-corrected chi connectivity index (χ3v) is 1.74. The summed E-state index contributed by atoms with van der Waals surface area (Å²) in [7, 11) is 6.44. The lowest BCUT2D eigenvalue weighted by molar-refractivity contribution is -0.919. The van der Waals surface area contributed by atoms with Crippen LogP contribution < -0.4 is 12.4 Å². The largest absolute Gasteiger partial charge is 1.00 e. The first kappa shape index (κ1) is 15.4. The van der Waals surface area contributed by atoms with E-state index < -0.39 is 0 Å². The molecule has 0 bridgehead atoms. The van der Waals surface area contributed by atoms with Crippen LogP contribution in [-0.4, -0.2) is 38.5 Å². The molecule has 0 aromatic carbocycles. The Morgan fingerprint density at radius 1 is 1.38 bits per heavy atom. The number of rotatable bonds is 5. The maximum Gasteiger partial charge on any atom is 0.192 e. The van der Waals surface area contributed by atoms with Crippen molar-refractivity contribution in [3.8, 4) is 0 Å². The molecule has 1 unspecified atom stereocenters. The molecule has 0 fully saturated rings. The highest BCUT2D eigenvalue weighted by molar-refractivity contribution is 4.87. The van der Waals surface area contributed by atoms with Crippen molar-refractivity contribution >= 4 is 0 Å². The molecule has 1 atom stereocenters. The minimum atomic E-state index is 0. The second-order valence-electron chi connectivity index (χ2n) is 4.25. The fourth-order valence-electron chi connectivity index (χ4n) is 1.13. The smallest absolute Gasteiger partial charge is 0.192 e. The van der Waals surface area contributed by atoms with Crippen LogP contribution in [0, 0.1) is 0 Å². The number of quaternary nitrogens is 1. The van der Waals surface area contributed by atoms with Crippen molar-refractivity contribution in [1.82, 2.24) is 0 Å². The number of hydrogen-bond acceptors (Lipinski definition) is 1. The van der Waals surface area contributed by atoms with Gasteiger partial charge in [0, 0.05) is 6.42 Å². The molecule has 0 aromatic rings.